The first kappa shape index (κ1) is 19.0. The topological polar surface area (TPSA) is 86.9 Å². The number of carbonyl (C=O) groups is 2. The SMILES string of the molecule is CC(=O)n1cc(C#N)c2ccc(NC(=O)Nc3ccc(C(F)(F)F)cc3)cc21. The molecule has 0 atom stereocenters. The highest BCUT2D eigenvalue weighted by Gasteiger charge is 2.30. The number of urea groups is 1. The largest absolute Gasteiger partial charge is 0.416 e. The Bertz CT molecular complexity index is 1110. The minimum absolute atomic E-state index is 0.186. The van der Waals surface area contributed by atoms with Gasteiger partial charge < -0.3 is 10.6 Å². The highest BCUT2D eigenvalue weighted by molar-refractivity contribution is 6.02. The number of rotatable bonds is 2. The monoisotopic (exact) mass is 386 g/mol. The van der Waals surface area contributed by atoms with Crippen LogP contribution in [-0.2, 0) is 6.18 Å². The Morgan fingerprint density at radius 3 is 2.21 bits per heavy atom. The smallest absolute Gasteiger partial charge is 0.308 e. The quantitative estimate of drug-likeness (QED) is 0.661. The number of benzene rings is 2. The maximum Gasteiger partial charge on any atom is 0.416 e. The Morgan fingerprint density at radius 1 is 1.04 bits per heavy atom. The Hall–Kier alpha value is -3.80. The summed E-state index contributed by atoms with van der Waals surface area (Å²) >= 11 is 0. The normalized spacial score (nSPS) is 11.1. The second-order valence-corrected chi connectivity index (χ2v) is 5.93. The van der Waals surface area contributed by atoms with E-state index in [0.717, 1.165) is 24.3 Å². The molecular weight excluding hydrogens is 373 g/mol. The molecule has 3 rings (SSSR count). The first-order valence-corrected chi connectivity index (χ1v) is 8.00. The van der Waals surface area contributed by atoms with Gasteiger partial charge in [-0.25, -0.2) is 4.79 Å². The number of halogens is 3. The lowest BCUT2D eigenvalue weighted by Crippen LogP contribution is -2.19. The first-order chi connectivity index (χ1) is 13.2. The van der Waals surface area contributed by atoms with Crippen molar-refractivity contribution in [2.45, 2.75) is 13.1 Å². The lowest BCUT2D eigenvalue weighted by Gasteiger charge is -2.10. The van der Waals surface area contributed by atoms with Crippen molar-refractivity contribution >= 4 is 34.2 Å². The molecule has 0 saturated heterocycles. The van der Waals surface area contributed by atoms with Crippen LogP contribution in [0, 0.1) is 11.3 Å². The molecule has 0 aliphatic heterocycles. The van der Waals surface area contributed by atoms with Crippen LogP contribution in [0.4, 0.5) is 29.3 Å². The molecule has 2 amide bonds. The standard InChI is InChI=1S/C19H13F3N4O2/c1-11(27)26-10-12(9-23)16-7-6-15(8-17(16)26)25-18(28)24-14-4-2-13(3-5-14)19(20,21)22/h2-8,10H,1H3,(H2,24,25,28). The highest BCUT2D eigenvalue weighted by atomic mass is 19.4. The van der Waals surface area contributed by atoms with E-state index in [1.165, 1.54) is 23.8 Å². The zero-order valence-electron chi connectivity index (χ0n) is 14.5. The van der Waals surface area contributed by atoms with Gasteiger partial charge in [0, 0.05) is 29.9 Å². The molecule has 2 N–H and O–H groups in total. The maximum atomic E-state index is 12.6. The van der Waals surface area contributed by atoms with Crippen LogP contribution >= 0.6 is 0 Å². The summed E-state index contributed by atoms with van der Waals surface area (Å²) in [6, 6.07) is 10.0. The van der Waals surface area contributed by atoms with Crippen molar-refractivity contribution in [3.63, 3.8) is 0 Å². The number of alkyl halides is 3. The second-order valence-electron chi connectivity index (χ2n) is 5.93. The second kappa shape index (κ2) is 7.08. The third kappa shape index (κ3) is 3.81. The molecule has 6 nitrogen and oxygen atoms in total. The summed E-state index contributed by atoms with van der Waals surface area (Å²) < 4.78 is 39.0. The van der Waals surface area contributed by atoms with E-state index in [4.69, 9.17) is 5.26 Å². The number of fused-ring (bicyclic) bond motifs is 1. The lowest BCUT2D eigenvalue weighted by atomic mass is 10.2. The average molecular weight is 386 g/mol. The van der Waals surface area contributed by atoms with Gasteiger partial charge in [-0.15, -0.1) is 0 Å². The van der Waals surface area contributed by atoms with Crippen LogP contribution < -0.4 is 10.6 Å². The van der Waals surface area contributed by atoms with E-state index in [9.17, 15) is 22.8 Å². The summed E-state index contributed by atoms with van der Waals surface area (Å²) in [5, 5.41) is 14.7. The number of hydrogen-bond donors (Lipinski definition) is 2. The number of amides is 2. The van der Waals surface area contributed by atoms with Crippen LogP contribution in [0.25, 0.3) is 10.9 Å². The van der Waals surface area contributed by atoms with E-state index in [2.05, 4.69) is 10.6 Å². The molecule has 0 aliphatic carbocycles. The molecular formula is C19H13F3N4O2. The first-order valence-electron chi connectivity index (χ1n) is 8.00. The summed E-state index contributed by atoms with van der Waals surface area (Å²) in [5.41, 5.74) is 0.497. The fourth-order valence-corrected chi connectivity index (χ4v) is 2.69. The van der Waals surface area contributed by atoms with Crippen LogP contribution in [0.15, 0.2) is 48.7 Å². The van der Waals surface area contributed by atoms with E-state index in [1.807, 2.05) is 6.07 Å². The number of nitrogens with zero attached hydrogens (tertiary/aromatic N) is 2. The van der Waals surface area contributed by atoms with Gasteiger partial charge in [0.1, 0.15) is 6.07 Å². The third-order valence-electron chi connectivity index (χ3n) is 3.99. The number of carbonyl (C=O) groups excluding carboxylic acids is 2. The molecule has 28 heavy (non-hydrogen) atoms. The van der Waals surface area contributed by atoms with E-state index in [1.54, 1.807) is 12.1 Å². The average Bonchev–Trinajstić information content (AvgIpc) is 2.99. The summed E-state index contributed by atoms with van der Waals surface area (Å²) in [4.78, 5) is 23.8. The summed E-state index contributed by atoms with van der Waals surface area (Å²) in [5.74, 6) is -0.294. The van der Waals surface area contributed by atoms with E-state index in [-0.39, 0.29) is 11.6 Å². The molecule has 2 aromatic carbocycles. The molecule has 1 heterocycles. The van der Waals surface area contributed by atoms with E-state index < -0.39 is 17.8 Å². The van der Waals surface area contributed by atoms with Gasteiger partial charge in [-0.2, -0.15) is 18.4 Å². The van der Waals surface area contributed by atoms with Crippen LogP contribution in [0.2, 0.25) is 0 Å². The number of hydrogen-bond acceptors (Lipinski definition) is 3. The number of nitrogens with one attached hydrogen (secondary N) is 2. The Balaban J connectivity index is 1.79. The van der Waals surface area contributed by atoms with Crippen molar-refractivity contribution in [1.29, 1.82) is 5.26 Å². The predicted octanol–water partition coefficient (Wildman–Crippen LogP) is 4.84. The number of nitriles is 1. The van der Waals surface area contributed by atoms with Gasteiger partial charge in [-0.1, -0.05) is 0 Å². The highest BCUT2D eigenvalue weighted by Crippen LogP contribution is 2.30. The predicted molar refractivity (Wildman–Crippen MR) is 97.0 cm³/mol. The molecule has 1 aromatic heterocycles. The van der Waals surface area contributed by atoms with Gasteiger partial charge in [0.25, 0.3) is 0 Å². The molecule has 0 radical (unpaired) electrons. The van der Waals surface area contributed by atoms with Crippen LogP contribution in [0.3, 0.4) is 0 Å². The lowest BCUT2D eigenvalue weighted by molar-refractivity contribution is -0.137. The molecule has 9 heteroatoms. The Kier molecular flexibility index (Phi) is 4.79. The zero-order chi connectivity index (χ0) is 20.5. The fourth-order valence-electron chi connectivity index (χ4n) is 2.69. The Morgan fingerprint density at radius 2 is 1.64 bits per heavy atom. The third-order valence-corrected chi connectivity index (χ3v) is 3.99. The van der Waals surface area contributed by atoms with Crippen molar-refractivity contribution in [1.82, 2.24) is 4.57 Å². The summed E-state index contributed by atoms with van der Waals surface area (Å²) in [6.45, 7) is 1.35. The van der Waals surface area contributed by atoms with Crippen LogP contribution in [0.1, 0.15) is 22.8 Å². The molecule has 0 saturated carbocycles. The molecule has 3 aromatic rings. The minimum Gasteiger partial charge on any atom is -0.308 e. The van der Waals surface area contributed by atoms with Crippen molar-refractivity contribution in [3.8, 4) is 6.07 Å². The van der Waals surface area contributed by atoms with Gasteiger partial charge >= 0.3 is 12.2 Å². The van der Waals surface area contributed by atoms with Crippen molar-refractivity contribution in [3.05, 3.63) is 59.8 Å². The van der Waals surface area contributed by atoms with E-state index >= 15 is 0 Å². The van der Waals surface area contributed by atoms with Gasteiger partial charge in [0.15, 0.2) is 0 Å². The van der Waals surface area contributed by atoms with Crippen molar-refractivity contribution in [2.75, 3.05) is 10.6 Å². The van der Waals surface area contributed by atoms with Crippen molar-refractivity contribution in [2.24, 2.45) is 0 Å². The van der Waals surface area contributed by atoms with E-state index in [0.29, 0.717) is 22.2 Å². The van der Waals surface area contributed by atoms with Gasteiger partial charge in [0.05, 0.1) is 16.6 Å². The number of anilines is 2. The van der Waals surface area contributed by atoms with Gasteiger partial charge in [-0.3, -0.25) is 9.36 Å². The van der Waals surface area contributed by atoms with Crippen LogP contribution in [0.5, 0.6) is 0 Å². The Labute approximate surface area is 157 Å². The fraction of sp³-hybridized carbons (Fsp3) is 0.105. The van der Waals surface area contributed by atoms with Crippen LogP contribution in [-0.4, -0.2) is 16.5 Å². The number of aromatic nitrogens is 1. The summed E-state index contributed by atoms with van der Waals surface area (Å²) in [7, 11) is 0. The maximum absolute atomic E-state index is 12.6. The molecule has 0 bridgehead atoms. The molecule has 0 spiro atoms. The molecule has 142 valence electrons. The molecule has 0 aliphatic rings. The van der Waals surface area contributed by atoms with Crippen molar-refractivity contribution < 1.29 is 22.8 Å². The molecule has 0 unspecified atom stereocenters. The minimum atomic E-state index is -4.45. The van der Waals surface area contributed by atoms with Gasteiger partial charge in [-0.05, 0) is 42.5 Å². The summed E-state index contributed by atoms with van der Waals surface area (Å²) in [6.07, 6.45) is -3.04. The molecule has 0 fully saturated rings. The van der Waals surface area contributed by atoms with Gasteiger partial charge in [0.2, 0.25) is 5.91 Å². The zero-order valence-corrected chi connectivity index (χ0v) is 14.5.